The zero-order valence-corrected chi connectivity index (χ0v) is 29.7. The van der Waals surface area contributed by atoms with Gasteiger partial charge in [-0.15, -0.1) is 22.9 Å². The molecule has 5 N–H and O–H groups in total. The minimum absolute atomic E-state index is 0.0500. The highest BCUT2D eigenvalue weighted by Gasteiger charge is 2.48. The number of amides is 5. The summed E-state index contributed by atoms with van der Waals surface area (Å²) in [6.07, 6.45) is -1.99. The van der Waals surface area contributed by atoms with Crippen LogP contribution in [0.4, 0.5) is 9.93 Å². The lowest BCUT2D eigenvalue weighted by atomic mass is 9.97. The number of carbonyl (C=O) groups is 6. The highest BCUT2D eigenvalue weighted by atomic mass is 35.5. The fourth-order valence-corrected chi connectivity index (χ4v) is 5.10. The van der Waals surface area contributed by atoms with E-state index in [2.05, 4.69) is 26.1 Å². The number of esters is 1. The highest BCUT2D eigenvalue weighted by Crippen LogP contribution is 2.29. The zero-order valence-electron chi connectivity index (χ0n) is 28.2. The zero-order chi connectivity index (χ0) is 37.5. The number of alkyl halides is 1. The van der Waals surface area contributed by atoms with E-state index in [0.29, 0.717) is 11.1 Å². The summed E-state index contributed by atoms with van der Waals surface area (Å²) in [4.78, 5) is 86.7. The van der Waals surface area contributed by atoms with Crippen molar-refractivity contribution in [2.45, 2.75) is 64.0 Å². The smallest absolute Gasteiger partial charge is 0.431 e. The molecule has 2 heterocycles. The van der Waals surface area contributed by atoms with Gasteiger partial charge in [-0.25, -0.2) is 20.4 Å². The summed E-state index contributed by atoms with van der Waals surface area (Å²) in [5.41, 5.74) is -2.05. The largest absolute Gasteiger partial charge is 0.450 e. The standard InChI is InChI=1S/C33H36ClN7O9S/c1-32(2,3)49-31(47)41(35)28(45)24-23(27(44)39-24)38-26(43)22(20-17-51-30(36-20)37-21(42)16-34)40-50-33(4,5)29(46)48-25(18-12-8-6-9-13-18)19-14-10-7-11-15-19/h6-15,17,23-25H,16,35H2,1-5H3,(H,38,43)(H,39,44)(H,36,37,42)/t23-,24-/m0/s1. The molecule has 0 radical (unpaired) electrons. The number of hydrogen-bond acceptors (Lipinski definition) is 13. The van der Waals surface area contributed by atoms with Crippen molar-refractivity contribution in [3.8, 4) is 0 Å². The number of rotatable bonds is 12. The van der Waals surface area contributed by atoms with E-state index in [1.807, 2.05) is 12.1 Å². The van der Waals surface area contributed by atoms with Gasteiger partial charge in [0.1, 0.15) is 29.3 Å². The molecule has 1 saturated heterocycles. The van der Waals surface area contributed by atoms with E-state index in [0.717, 1.165) is 11.3 Å². The number of hydrazine groups is 1. The van der Waals surface area contributed by atoms with Gasteiger partial charge in [-0.1, -0.05) is 65.8 Å². The number of β-lactam (4-membered cyclic amide) rings is 1. The molecule has 1 aromatic heterocycles. The maximum absolute atomic E-state index is 13.7. The fourth-order valence-electron chi connectivity index (χ4n) is 4.32. The van der Waals surface area contributed by atoms with E-state index in [9.17, 15) is 28.8 Å². The van der Waals surface area contributed by atoms with Crippen molar-refractivity contribution < 1.29 is 43.1 Å². The molecule has 51 heavy (non-hydrogen) atoms. The predicted octanol–water partition coefficient (Wildman–Crippen LogP) is 2.77. The maximum Gasteiger partial charge on any atom is 0.431 e. The molecule has 0 spiro atoms. The van der Waals surface area contributed by atoms with Gasteiger partial charge in [0.15, 0.2) is 16.9 Å². The van der Waals surface area contributed by atoms with Crippen molar-refractivity contribution in [2.75, 3.05) is 11.2 Å². The molecule has 3 aromatic rings. The van der Waals surface area contributed by atoms with E-state index in [1.54, 1.807) is 69.3 Å². The number of nitrogens with zero attached hydrogens (tertiary/aromatic N) is 3. The summed E-state index contributed by atoms with van der Waals surface area (Å²) in [5, 5.41) is 12.6. The Morgan fingerprint density at radius 3 is 2.14 bits per heavy atom. The lowest BCUT2D eigenvalue weighted by Gasteiger charge is -2.37. The Morgan fingerprint density at radius 2 is 1.61 bits per heavy atom. The third-order valence-electron chi connectivity index (χ3n) is 6.91. The second kappa shape index (κ2) is 16.1. The molecule has 5 amide bonds. The molecule has 0 bridgehead atoms. The molecule has 1 aliphatic heterocycles. The van der Waals surface area contributed by atoms with Crippen molar-refractivity contribution in [1.29, 1.82) is 0 Å². The first kappa shape index (κ1) is 38.4. The predicted molar refractivity (Wildman–Crippen MR) is 185 cm³/mol. The van der Waals surface area contributed by atoms with Gasteiger partial charge in [0.05, 0.1) is 0 Å². The number of hydrogen-bond donors (Lipinski definition) is 4. The average molecular weight is 742 g/mol. The molecule has 4 rings (SSSR count). The minimum atomic E-state index is -1.79. The molecule has 2 atom stereocenters. The summed E-state index contributed by atoms with van der Waals surface area (Å²) in [6, 6.07) is 15.1. The number of nitrogens with two attached hydrogens (primary N) is 1. The molecular weight excluding hydrogens is 706 g/mol. The number of ether oxygens (including phenoxy) is 2. The molecule has 270 valence electrons. The first-order valence-corrected chi connectivity index (χ1v) is 16.7. The first-order valence-electron chi connectivity index (χ1n) is 15.3. The Kier molecular flexibility index (Phi) is 12.1. The van der Waals surface area contributed by atoms with Crippen LogP contribution >= 0.6 is 22.9 Å². The first-order chi connectivity index (χ1) is 24.0. The quantitative estimate of drug-likeness (QED) is 0.0402. The highest BCUT2D eigenvalue weighted by molar-refractivity contribution is 7.14. The van der Waals surface area contributed by atoms with E-state index in [-0.39, 0.29) is 21.7 Å². The number of nitrogens with one attached hydrogen (secondary N) is 3. The van der Waals surface area contributed by atoms with Gasteiger partial charge in [0.2, 0.25) is 17.4 Å². The van der Waals surface area contributed by atoms with Gasteiger partial charge in [-0.3, -0.25) is 19.2 Å². The van der Waals surface area contributed by atoms with Crippen molar-refractivity contribution in [3.05, 3.63) is 82.9 Å². The molecular formula is C33H36ClN7O9S. The van der Waals surface area contributed by atoms with Crippen molar-refractivity contribution >= 4 is 69.5 Å². The Morgan fingerprint density at radius 1 is 1.02 bits per heavy atom. The van der Waals surface area contributed by atoms with Crippen molar-refractivity contribution in [3.63, 3.8) is 0 Å². The van der Waals surface area contributed by atoms with Crippen LogP contribution < -0.4 is 21.8 Å². The van der Waals surface area contributed by atoms with E-state index in [1.165, 1.54) is 19.2 Å². The lowest BCUT2D eigenvalue weighted by molar-refractivity contribution is -0.172. The van der Waals surface area contributed by atoms with Crippen LogP contribution in [0.15, 0.2) is 71.2 Å². The summed E-state index contributed by atoms with van der Waals surface area (Å²) >= 11 is 6.50. The monoisotopic (exact) mass is 741 g/mol. The second-order valence-electron chi connectivity index (χ2n) is 12.5. The number of anilines is 1. The Labute approximate surface area is 301 Å². The molecule has 0 saturated carbocycles. The molecule has 1 fully saturated rings. The van der Waals surface area contributed by atoms with Crippen LogP contribution in [0.25, 0.3) is 0 Å². The van der Waals surface area contributed by atoms with Gasteiger partial charge >= 0.3 is 12.1 Å². The third kappa shape index (κ3) is 9.87. The minimum Gasteiger partial charge on any atom is -0.450 e. The summed E-state index contributed by atoms with van der Waals surface area (Å²) in [5.74, 6) is 0.971. The van der Waals surface area contributed by atoms with Gasteiger partial charge in [0.25, 0.3) is 11.8 Å². The van der Waals surface area contributed by atoms with E-state index in [4.69, 9.17) is 31.8 Å². The molecule has 1 aliphatic rings. The van der Waals surface area contributed by atoms with Crippen LogP contribution in [0.5, 0.6) is 0 Å². The Bertz CT molecular complexity index is 1770. The van der Waals surface area contributed by atoms with Crippen LogP contribution in [0.3, 0.4) is 0 Å². The Balaban J connectivity index is 1.58. The van der Waals surface area contributed by atoms with Crippen LogP contribution in [0, 0.1) is 0 Å². The van der Waals surface area contributed by atoms with E-state index >= 15 is 0 Å². The summed E-state index contributed by atoms with van der Waals surface area (Å²) in [7, 11) is 0. The van der Waals surface area contributed by atoms with Gasteiger partial charge < -0.3 is 30.3 Å². The van der Waals surface area contributed by atoms with Gasteiger partial charge in [0, 0.05) is 5.38 Å². The number of thiazole rings is 1. The van der Waals surface area contributed by atoms with Crippen molar-refractivity contribution in [1.82, 2.24) is 20.6 Å². The molecule has 2 aromatic carbocycles. The number of oxime groups is 1. The lowest BCUT2D eigenvalue weighted by Crippen LogP contribution is -2.75. The van der Waals surface area contributed by atoms with Gasteiger partial charge in [-0.05, 0) is 45.7 Å². The summed E-state index contributed by atoms with van der Waals surface area (Å²) < 4.78 is 11.0. The number of imide groups is 1. The topological polar surface area (TPSA) is 221 Å². The molecule has 16 nitrogen and oxygen atoms in total. The Hall–Kier alpha value is -5.39. The normalized spacial score (nSPS) is 15.9. The summed E-state index contributed by atoms with van der Waals surface area (Å²) in [6.45, 7) is 7.44. The number of benzene rings is 2. The van der Waals surface area contributed by atoms with Gasteiger partial charge in [-0.2, -0.15) is 5.01 Å². The second-order valence-corrected chi connectivity index (χ2v) is 13.6. The number of carbonyl (C=O) groups excluding carboxylic acids is 6. The average Bonchev–Trinajstić information content (AvgIpc) is 3.55. The van der Waals surface area contributed by atoms with Crippen LogP contribution in [-0.4, -0.2) is 80.6 Å². The van der Waals surface area contributed by atoms with Crippen LogP contribution in [0.2, 0.25) is 0 Å². The maximum atomic E-state index is 13.7. The van der Waals surface area contributed by atoms with E-state index < -0.39 is 70.8 Å². The fraction of sp³-hybridized carbons (Fsp3) is 0.333. The number of halogens is 1. The van der Waals surface area contributed by atoms with Crippen molar-refractivity contribution in [2.24, 2.45) is 11.0 Å². The third-order valence-corrected chi connectivity index (χ3v) is 7.91. The molecule has 18 heteroatoms. The molecule has 0 unspecified atom stereocenters. The van der Waals surface area contributed by atoms with Crippen LogP contribution in [-0.2, 0) is 38.3 Å². The number of aromatic nitrogens is 1. The van der Waals surface area contributed by atoms with Crippen LogP contribution in [0.1, 0.15) is 57.5 Å². The SMILES string of the molecule is CC(C)(C)OC(=O)N(N)C(=O)[C@H]1NC(=O)[C@H]1NC(=O)C(=NOC(C)(C)C(=O)OC(c1ccccc1)c1ccccc1)c1csc(NC(=O)CCl)n1. The molecule has 0 aliphatic carbocycles.